The molecule has 9 heteroatoms. The number of amides is 1. The third kappa shape index (κ3) is 8.87. The Kier molecular flexibility index (Phi) is 11.2. The molecule has 45 heavy (non-hydrogen) atoms. The van der Waals surface area contributed by atoms with Crippen molar-refractivity contribution in [1.82, 2.24) is 10.2 Å². The van der Waals surface area contributed by atoms with Gasteiger partial charge in [-0.1, -0.05) is 132 Å². The number of ether oxygens (including phenoxy) is 2. The molecular formula is C36H37Cl3N2O4. The monoisotopic (exact) mass is 666 g/mol. The van der Waals surface area contributed by atoms with Crippen LogP contribution in [0.1, 0.15) is 59.6 Å². The zero-order valence-corrected chi connectivity index (χ0v) is 27.5. The van der Waals surface area contributed by atoms with Crippen LogP contribution in [0.15, 0.2) is 103 Å². The summed E-state index contributed by atoms with van der Waals surface area (Å²) in [6, 6.07) is 34.6. The number of rotatable bonds is 10. The van der Waals surface area contributed by atoms with Crippen molar-refractivity contribution in [3.63, 3.8) is 0 Å². The minimum Gasteiger partial charge on any atom is -0.392 e. The molecule has 0 bridgehead atoms. The minimum atomic E-state index is -2.01. The Bertz CT molecular complexity index is 1550. The highest BCUT2D eigenvalue weighted by molar-refractivity contribution is 6.76. The molecule has 1 aliphatic heterocycles. The molecule has 0 unspecified atom stereocenters. The van der Waals surface area contributed by atoms with Crippen molar-refractivity contribution < 1.29 is 19.4 Å². The molecule has 2 N–H and O–H groups in total. The number of aliphatic hydroxyl groups excluding tert-OH is 1. The summed E-state index contributed by atoms with van der Waals surface area (Å²) in [7, 11) is 2.13. The average Bonchev–Trinajstić information content (AvgIpc) is 3.07. The van der Waals surface area contributed by atoms with Gasteiger partial charge in [0.1, 0.15) is 0 Å². The van der Waals surface area contributed by atoms with E-state index < -0.39 is 16.0 Å². The molecule has 0 spiro atoms. The van der Waals surface area contributed by atoms with E-state index in [0.717, 1.165) is 39.9 Å². The van der Waals surface area contributed by atoms with Gasteiger partial charge in [-0.15, -0.1) is 0 Å². The van der Waals surface area contributed by atoms with Crippen LogP contribution in [0.2, 0.25) is 0 Å². The summed E-state index contributed by atoms with van der Waals surface area (Å²) in [5.41, 5.74) is 6.97. The number of halogens is 3. The first-order valence-corrected chi connectivity index (χ1v) is 16.0. The fourth-order valence-electron chi connectivity index (χ4n) is 5.47. The molecule has 1 fully saturated rings. The molecule has 1 saturated heterocycles. The maximum Gasteiger partial charge on any atom is 0.272 e. The van der Waals surface area contributed by atoms with E-state index in [4.69, 9.17) is 44.3 Å². The molecular weight excluding hydrogens is 631 g/mol. The van der Waals surface area contributed by atoms with Gasteiger partial charge in [-0.25, -0.2) is 0 Å². The second-order valence-corrected chi connectivity index (χ2v) is 13.7. The number of alkyl halides is 3. The molecule has 4 aromatic carbocycles. The lowest BCUT2D eigenvalue weighted by Gasteiger charge is -2.39. The van der Waals surface area contributed by atoms with Gasteiger partial charge in [-0.2, -0.15) is 0 Å². The van der Waals surface area contributed by atoms with E-state index >= 15 is 0 Å². The lowest BCUT2D eigenvalue weighted by atomic mass is 9.98. The lowest BCUT2D eigenvalue weighted by Crippen LogP contribution is -2.38. The normalized spacial score (nSPS) is 19.3. The number of nitrogens with one attached hydrogen (secondary N) is 1. The SMILES string of the molecule is C[C@@H](c1ccccc1)N(C)C[C@@H]1C[C@H](c2ccc(CO)cc2)O[C@H](c2ccc(-c3cccc(CNC(=O)C(Cl)(Cl)Cl)c3)cc2)O1. The molecule has 4 aromatic rings. The molecule has 5 rings (SSSR count). The van der Waals surface area contributed by atoms with Crippen molar-refractivity contribution in [2.45, 2.75) is 54.8 Å². The van der Waals surface area contributed by atoms with Crippen LogP contribution in [0, 0.1) is 0 Å². The third-order valence-corrected chi connectivity index (χ3v) is 8.72. The Morgan fingerprint density at radius 1 is 0.889 bits per heavy atom. The highest BCUT2D eigenvalue weighted by Gasteiger charge is 2.33. The fraction of sp³-hybridized carbons (Fsp3) is 0.306. The number of aliphatic hydroxyl groups is 1. The molecule has 1 heterocycles. The topological polar surface area (TPSA) is 71.0 Å². The molecule has 236 valence electrons. The van der Waals surface area contributed by atoms with Gasteiger partial charge in [0.05, 0.1) is 18.8 Å². The first-order valence-electron chi connectivity index (χ1n) is 14.9. The maximum absolute atomic E-state index is 12.0. The molecule has 1 amide bonds. The zero-order chi connectivity index (χ0) is 32.0. The van der Waals surface area contributed by atoms with Gasteiger partial charge in [-0.3, -0.25) is 9.69 Å². The van der Waals surface area contributed by atoms with E-state index in [1.807, 2.05) is 78.9 Å². The number of likely N-dealkylation sites (N-methyl/N-ethyl adjacent to an activating group) is 1. The van der Waals surface area contributed by atoms with Gasteiger partial charge >= 0.3 is 0 Å². The van der Waals surface area contributed by atoms with Crippen LogP contribution < -0.4 is 5.32 Å². The van der Waals surface area contributed by atoms with Gasteiger partial charge in [-0.05, 0) is 53.4 Å². The van der Waals surface area contributed by atoms with Crippen molar-refractivity contribution in [3.05, 3.63) is 131 Å². The summed E-state index contributed by atoms with van der Waals surface area (Å²) in [5, 5.41) is 12.2. The number of hydrogen-bond acceptors (Lipinski definition) is 5. The van der Waals surface area contributed by atoms with E-state index in [1.165, 1.54) is 5.56 Å². The minimum absolute atomic E-state index is 0.00118. The first-order chi connectivity index (χ1) is 21.6. The zero-order valence-electron chi connectivity index (χ0n) is 25.2. The van der Waals surface area contributed by atoms with Gasteiger partial charge in [0.25, 0.3) is 9.70 Å². The highest BCUT2D eigenvalue weighted by Crippen LogP contribution is 2.39. The van der Waals surface area contributed by atoms with E-state index in [-0.39, 0.29) is 31.4 Å². The van der Waals surface area contributed by atoms with Crippen LogP contribution in [-0.4, -0.2) is 39.4 Å². The predicted molar refractivity (Wildman–Crippen MR) is 180 cm³/mol. The largest absolute Gasteiger partial charge is 0.392 e. The summed E-state index contributed by atoms with van der Waals surface area (Å²) >= 11 is 17.0. The molecule has 0 aromatic heterocycles. The van der Waals surface area contributed by atoms with Crippen molar-refractivity contribution in [3.8, 4) is 11.1 Å². The van der Waals surface area contributed by atoms with Crippen molar-refractivity contribution in [2.75, 3.05) is 13.6 Å². The Morgan fingerprint density at radius 3 is 2.24 bits per heavy atom. The van der Waals surface area contributed by atoms with Gasteiger partial charge in [0.15, 0.2) is 6.29 Å². The summed E-state index contributed by atoms with van der Waals surface area (Å²) in [4.78, 5) is 14.3. The third-order valence-electron chi connectivity index (χ3n) is 8.20. The highest BCUT2D eigenvalue weighted by atomic mass is 35.6. The number of carbonyl (C=O) groups excluding carboxylic acids is 1. The van der Waals surface area contributed by atoms with Crippen LogP contribution in [-0.2, 0) is 27.4 Å². The summed E-state index contributed by atoms with van der Waals surface area (Å²) in [6.07, 6.45) is -0.0762. The number of hydrogen-bond donors (Lipinski definition) is 2. The average molecular weight is 668 g/mol. The number of benzene rings is 4. The van der Waals surface area contributed by atoms with Crippen LogP contribution in [0.3, 0.4) is 0 Å². The van der Waals surface area contributed by atoms with Crippen molar-refractivity contribution in [1.29, 1.82) is 0 Å². The summed E-state index contributed by atoms with van der Waals surface area (Å²) < 4.78 is 11.1. The second-order valence-electron chi connectivity index (χ2n) is 11.4. The maximum atomic E-state index is 12.0. The standard InChI is InChI=1S/C36H37Cl3N2O4/c1-24(27-8-4-3-5-9-27)41(2)22-32-20-33(29-13-11-25(23-42)12-14-29)45-34(44-32)30-17-15-28(16-18-30)31-10-6-7-26(19-31)21-40-35(43)36(37,38)39/h3-19,24,32-34,42H,20-23H2,1-2H3,(H,40,43)/t24-,32-,33+,34+/m0/s1. The van der Waals surface area contributed by atoms with Crippen LogP contribution in [0.4, 0.5) is 0 Å². The van der Waals surface area contributed by atoms with E-state index in [0.29, 0.717) is 6.42 Å². The Hall–Kier alpha value is -2.94. The summed E-state index contributed by atoms with van der Waals surface area (Å²) in [5.74, 6) is -0.670. The van der Waals surface area contributed by atoms with Crippen molar-refractivity contribution >= 4 is 40.7 Å². The van der Waals surface area contributed by atoms with Crippen LogP contribution in [0.5, 0.6) is 0 Å². The van der Waals surface area contributed by atoms with E-state index in [9.17, 15) is 9.90 Å². The first kappa shape index (κ1) is 33.4. The molecule has 0 radical (unpaired) electrons. The molecule has 0 saturated carbocycles. The fourth-order valence-corrected chi connectivity index (χ4v) is 5.67. The summed E-state index contributed by atoms with van der Waals surface area (Å²) in [6.45, 7) is 3.18. The quantitative estimate of drug-likeness (QED) is 0.168. The van der Waals surface area contributed by atoms with Crippen LogP contribution in [0.25, 0.3) is 11.1 Å². The Morgan fingerprint density at radius 2 is 1.58 bits per heavy atom. The van der Waals surface area contributed by atoms with E-state index in [2.05, 4.69) is 48.5 Å². The Balaban J connectivity index is 1.32. The van der Waals surface area contributed by atoms with Crippen molar-refractivity contribution in [2.24, 2.45) is 0 Å². The molecule has 1 aliphatic rings. The van der Waals surface area contributed by atoms with E-state index in [1.54, 1.807) is 0 Å². The van der Waals surface area contributed by atoms with Gasteiger partial charge in [0, 0.05) is 31.1 Å². The molecule has 4 atom stereocenters. The van der Waals surface area contributed by atoms with Gasteiger partial charge < -0.3 is 19.9 Å². The number of nitrogens with zero attached hydrogens (tertiary/aromatic N) is 1. The molecule has 0 aliphatic carbocycles. The smallest absolute Gasteiger partial charge is 0.272 e. The predicted octanol–water partition coefficient (Wildman–Crippen LogP) is 8.07. The van der Waals surface area contributed by atoms with Crippen LogP contribution >= 0.6 is 34.8 Å². The van der Waals surface area contributed by atoms with Gasteiger partial charge in [0.2, 0.25) is 0 Å². The second kappa shape index (κ2) is 15.1. The Labute approximate surface area is 279 Å². The lowest BCUT2D eigenvalue weighted by molar-refractivity contribution is -0.253. The molecule has 6 nitrogen and oxygen atoms in total. The number of carbonyl (C=O) groups is 1.